The molecule has 0 aromatic carbocycles. The highest BCUT2D eigenvalue weighted by Gasteiger charge is 2.35. The third-order valence-corrected chi connectivity index (χ3v) is 2.07. The molecule has 1 rings (SSSR count). The highest BCUT2D eigenvalue weighted by molar-refractivity contribution is 5.86. The molecule has 0 aliphatic carbocycles. The van der Waals surface area contributed by atoms with Gasteiger partial charge in [0, 0.05) is 19.5 Å². The van der Waals surface area contributed by atoms with Crippen molar-refractivity contribution in [3.05, 3.63) is 0 Å². The third kappa shape index (κ3) is 1.55. The standard InChI is InChI=1S/C7H13N3O2/c1-4(11)10-3-5(8)2-6(10)7(9)12/h5-6H,2-3,8H2,1H3,(H2,9,12)/t5-,6-/m0/s1. The van der Waals surface area contributed by atoms with Crippen molar-refractivity contribution in [1.29, 1.82) is 0 Å². The highest BCUT2D eigenvalue weighted by Crippen LogP contribution is 2.15. The summed E-state index contributed by atoms with van der Waals surface area (Å²) in [5.41, 5.74) is 10.7. The second-order valence-electron chi connectivity index (χ2n) is 3.09. The second-order valence-corrected chi connectivity index (χ2v) is 3.09. The van der Waals surface area contributed by atoms with Gasteiger partial charge in [0.2, 0.25) is 11.8 Å². The minimum atomic E-state index is -0.502. The summed E-state index contributed by atoms with van der Waals surface area (Å²) in [6.07, 6.45) is 0.481. The Hall–Kier alpha value is -1.10. The lowest BCUT2D eigenvalue weighted by molar-refractivity contribution is -0.135. The number of nitrogens with zero attached hydrogens (tertiary/aromatic N) is 1. The van der Waals surface area contributed by atoms with Crippen molar-refractivity contribution in [3.63, 3.8) is 0 Å². The van der Waals surface area contributed by atoms with E-state index < -0.39 is 11.9 Å². The lowest BCUT2D eigenvalue weighted by atomic mass is 10.2. The van der Waals surface area contributed by atoms with Crippen LogP contribution in [0.25, 0.3) is 0 Å². The number of amides is 2. The molecule has 68 valence electrons. The number of hydrogen-bond acceptors (Lipinski definition) is 3. The van der Waals surface area contributed by atoms with Gasteiger partial charge in [0.1, 0.15) is 6.04 Å². The summed E-state index contributed by atoms with van der Waals surface area (Å²) in [5, 5.41) is 0. The molecule has 0 saturated carbocycles. The number of likely N-dealkylation sites (tertiary alicyclic amines) is 1. The number of hydrogen-bond donors (Lipinski definition) is 2. The van der Waals surface area contributed by atoms with Crippen molar-refractivity contribution in [1.82, 2.24) is 4.90 Å². The molecule has 0 aromatic heterocycles. The topological polar surface area (TPSA) is 89.4 Å². The van der Waals surface area contributed by atoms with Gasteiger partial charge in [-0.1, -0.05) is 0 Å². The first kappa shape index (κ1) is 8.99. The molecular formula is C7H13N3O2. The Bertz CT molecular complexity index is 195. The first-order valence-corrected chi connectivity index (χ1v) is 3.84. The summed E-state index contributed by atoms with van der Waals surface area (Å²) in [4.78, 5) is 23.2. The molecule has 0 unspecified atom stereocenters. The van der Waals surface area contributed by atoms with E-state index in [9.17, 15) is 9.59 Å². The lowest BCUT2D eigenvalue weighted by Gasteiger charge is -2.19. The number of carbonyl (C=O) groups is 2. The molecule has 0 bridgehead atoms. The molecule has 1 aliphatic heterocycles. The quantitative estimate of drug-likeness (QED) is 0.499. The van der Waals surface area contributed by atoms with Crippen LogP contribution < -0.4 is 11.5 Å². The van der Waals surface area contributed by atoms with Crippen LogP contribution in [0.1, 0.15) is 13.3 Å². The maximum absolute atomic E-state index is 11.0. The van der Waals surface area contributed by atoms with Gasteiger partial charge in [-0.15, -0.1) is 0 Å². The Morgan fingerprint density at radius 2 is 2.08 bits per heavy atom. The summed E-state index contributed by atoms with van der Waals surface area (Å²) in [7, 11) is 0. The number of carbonyl (C=O) groups excluding carboxylic acids is 2. The Morgan fingerprint density at radius 3 is 2.42 bits per heavy atom. The smallest absolute Gasteiger partial charge is 0.240 e. The Labute approximate surface area is 70.7 Å². The van der Waals surface area contributed by atoms with Crippen LogP contribution in [0.3, 0.4) is 0 Å². The number of nitrogens with two attached hydrogens (primary N) is 2. The summed E-state index contributed by atoms with van der Waals surface area (Å²) in [5.74, 6) is -0.620. The minimum Gasteiger partial charge on any atom is -0.368 e. The fraction of sp³-hybridized carbons (Fsp3) is 0.714. The molecule has 5 nitrogen and oxygen atoms in total. The predicted octanol–water partition coefficient (Wildman–Crippen LogP) is -1.58. The first-order chi connectivity index (χ1) is 5.52. The van der Waals surface area contributed by atoms with Crippen molar-refractivity contribution < 1.29 is 9.59 Å². The van der Waals surface area contributed by atoms with Crippen LogP contribution in [-0.2, 0) is 9.59 Å². The molecule has 5 heteroatoms. The average molecular weight is 171 g/mol. The molecule has 0 radical (unpaired) electrons. The van der Waals surface area contributed by atoms with Crippen LogP contribution in [0.5, 0.6) is 0 Å². The SMILES string of the molecule is CC(=O)N1C[C@@H](N)C[C@H]1C(N)=O. The van der Waals surface area contributed by atoms with Crippen LogP contribution in [-0.4, -0.2) is 35.3 Å². The molecule has 0 spiro atoms. The van der Waals surface area contributed by atoms with E-state index in [2.05, 4.69) is 0 Å². The van der Waals surface area contributed by atoms with Crippen LogP contribution in [0, 0.1) is 0 Å². The van der Waals surface area contributed by atoms with E-state index in [4.69, 9.17) is 11.5 Å². The molecule has 1 saturated heterocycles. The van der Waals surface area contributed by atoms with Gasteiger partial charge in [-0.25, -0.2) is 0 Å². The van der Waals surface area contributed by atoms with Crippen molar-refractivity contribution in [2.24, 2.45) is 11.5 Å². The monoisotopic (exact) mass is 171 g/mol. The molecule has 12 heavy (non-hydrogen) atoms. The molecule has 4 N–H and O–H groups in total. The van der Waals surface area contributed by atoms with Gasteiger partial charge in [0.15, 0.2) is 0 Å². The van der Waals surface area contributed by atoms with E-state index in [1.165, 1.54) is 11.8 Å². The van der Waals surface area contributed by atoms with Gasteiger partial charge < -0.3 is 16.4 Å². The summed E-state index contributed by atoms with van der Waals surface area (Å²) >= 11 is 0. The summed E-state index contributed by atoms with van der Waals surface area (Å²) in [6.45, 7) is 1.84. The van der Waals surface area contributed by atoms with E-state index in [0.717, 1.165) is 0 Å². The van der Waals surface area contributed by atoms with Crippen LogP contribution in [0.15, 0.2) is 0 Å². The molecule has 2 amide bonds. The van der Waals surface area contributed by atoms with E-state index in [0.29, 0.717) is 13.0 Å². The van der Waals surface area contributed by atoms with Crippen LogP contribution in [0.4, 0.5) is 0 Å². The van der Waals surface area contributed by atoms with Gasteiger partial charge in [0.25, 0.3) is 0 Å². The Balaban J connectivity index is 2.72. The Kier molecular flexibility index (Phi) is 2.32. The van der Waals surface area contributed by atoms with Crippen LogP contribution >= 0.6 is 0 Å². The predicted molar refractivity (Wildman–Crippen MR) is 43.0 cm³/mol. The largest absolute Gasteiger partial charge is 0.368 e. The minimum absolute atomic E-state index is 0.119. The molecule has 1 fully saturated rings. The maximum Gasteiger partial charge on any atom is 0.240 e. The molecular weight excluding hydrogens is 158 g/mol. The third-order valence-electron chi connectivity index (χ3n) is 2.07. The molecule has 2 atom stereocenters. The van der Waals surface area contributed by atoms with E-state index in [-0.39, 0.29) is 11.9 Å². The van der Waals surface area contributed by atoms with Crippen molar-refractivity contribution in [3.8, 4) is 0 Å². The lowest BCUT2D eigenvalue weighted by Crippen LogP contribution is -2.42. The van der Waals surface area contributed by atoms with Crippen molar-refractivity contribution in [2.45, 2.75) is 25.4 Å². The van der Waals surface area contributed by atoms with E-state index in [1.807, 2.05) is 0 Å². The fourth-order valence-corrected chi connectivity index (χ4v) is 1.49. The van der Waals surface area contributed by atoms with Crippen molar-refractivity contribution in [2.75, 3.05) is 6.54 Å². The zero-order chi connectivity index (χ0) is 9.30. The van der Waals surface area contributed by atoms with Gasteiger partial charge in [-0.05, 0) is 6.42 Å². The zero-order valence-corrected chi connectivity index (χ0v) is 6.99. The van der Waals surface area contributed by atoms with Gasteiger partial charge >= 0.3 is 0 Å². The average Bonchev–Trinajstić information content (AvgIpc) is 2.31. The van der Waals surface area contributed by atoms with Gasteiger partial charge in [0.05, 0.1) is 0 Å². The number of primary amides is 1. The Morgan fingerprint density at radius 1 is 1.50 bits per heavy atom. The van der Waals surface area contributed by atoms with Crippen LogP contribution in [0.2, 0.25) is 0 Å². The highest BCUT2D eigenvalue weighted by atomic mass is 16.2. The molecule has 1 heterocycles. The zero-order valence-electron chi connectivity index (χ0n) is 6.99. The first-order valence-electron chi connectivity index (χ1n) is 3.84. The molecule has 1 aliphatic rings. The van der Waals surface area contributed by atoms with Gasteiger partial charge in [-0.2, -0.15) is 0 Å². The number of rotatable bonds is 1. The summed E-state index contributed by atoms with van der Waals surface area (Å²) < 4.78 is 0. The van der Waals surface area contributed by atoms with Crippen molar-refractivity contribution >= 4 is 11.8 Å². The normalized spacial score (nSPS) is 29.0. The van der Waals surface area contributed by atoms with Gasteiger partial charge in [-0.3, -0.25) is 9.59 Å². The van der Waals surface area contributed by atoms with E-state index >= 15 is 0 Å². The summed E-state index contributed by atoms with van der Waals surface area (Å²) in [6, 6.07) is -0.621. The second kappa shape index (κ2) is 3.10. The maximum atomic E-state index is 11.0. The fourth-order valence-electron chi connectivity index (χ4n) is 1.49. The molecule has 0 aromatic rings. The van der Waals surface area contributed by atoms with E-state index in [1.54, 1.807) is 0 Å².